The molecular weight excluding hydrogens is 252 g/mol. The molecule has 2 amide bonds. The maximum Gasteiger partial charge on any atom is 0.228 e. The van der Waals surface area contributed by atoms with Gasteiger partial charge < -0.3 is 10.2 Å². The Kier molecular flexibility index (Phi) is 3.87. The first kappa shape index (κ1) is 12.9. The van der Waals surface area contributed by atoms with Crippen LogP contribution in [0.5, 0.6) is 0 Å². The van der Waals surface area contributed by atoms with Crippen LogP contribution in [0.1, 0.15) is 12.0 Å². The van der Waals surface area contributed by atoms with Crippen LogP contribution in [-0.2, 0) is 16.1 Å². The Labute approximate surface area is 111 Å². The van der Waals surface area contributed by atoms with Gasteiger partial charge in [-0.3, -0.25) is 9.59 Å². The van der Waals surface area contributed by atoms with Crippen molar-refractivity contribution in [3.8, 4) is 0 Å². The van der Waals surface area contributed by atoms with Crippen LogP contribution in [0, 0.1) is 5.92 Å². The van der Waals surface area contributed by atoms with Gasteiger partial charge in [-0.2, -0.15) is 0 Å². The van der Waals surface area contributed by atoms with E-state index in [0.29, 0.717) is 18.1 Å². The zero-order valence-corrected chi connectivity index (χ0v) is 10.9. The third-order valence-electron chi connectivity index (χ3n) is 3.07. The summed E-state index contributed by atoms with van der Waals surface area (Å²) in [5.41, 5.74) is 0.910. The van der Waals surface area contributed by atoms with E-state index in [1.807, 2.05) is 18.2 Å². The van der Waals surface area contributed by atoms with Crippen molar-refractivity contribution in [2.24, 2.45) is 5.92 Å². The Morgan fingerprint density at radius 2 is 2.22 bits per heavy atom. The first-order valence-corrected chi connectivity index (χ1v) is 6.21. The third kappa shape index (κ3) is 2.82. The number of amides is 2. The van der Waals surface area contributed by atoms with E-state index < -0.39 is 0 Å². The predicted octanol–water partition coefficient (Wildman–Crippen LogP) is 1.43. The molecule has 1 fully saturated rings. The maximum absolute atomic E-state index is 12.1. The molecular formula is C13H15ClN2O2. The van der Waals surface area contributed by atoms with Gasteiger partial charge in [0.2, 0.25) is 11.8 Å². The zero-order valence-electron chi connectivity index (χ0n) is 10.1. The zero-order chi connectivity index (χ0) is 13.1. The highest BCUT2D eigenvalue weighted by Crippen LogP contribution is 2.18. The van der Waals surface area contributed by atoms with Gasteiger partial charge in [0.05, 0.1) is 5.92 Å². The largest absolute Gasteiger partial charge is 0.355 e. The Morgan fingerprint density at radius 3 is 2.83 bits per heavy atom. The number of hydrogen-bond acceptors (Lipinski definition) is 2. The van der Waals surface area contributed by atoms with Crippen molar-refractivity contribution in [1.82, 2.24) is 10.2 Å². The van der Waals surface area contributed by atoms with Gasteiger partial charge in [0.1, 0.15) is 0 Å². The average molecular weight is 267 g/mol. The molecule has 1 N–H and O–H groups in total. The Morgan fingerprint density at radius 1 is 1.50 bits per heavy atom. The molecule has 0 saturated carbocycles. The molecule has 0 aliphatic carbocycles. The summed E-state index contributed by atoms with van der Waals surface area (Å²) in [6, 6.07) is 7.44. The van der Waals surface area contributed by atoms with Crippen LogP contribution in [-0.4, -0.2) is 30.3 Å². The standard InChI is InChI=1S/C13H15ClN2O2/c1-16(8-9-4-2-3-5-11(9)14)13(18)10-6-12(17)15-7-10/h2-5,10H,6-8H2,1H3,(H,15,17). The monoisotopic (exact) mass is 266 g/mol. The van der Waals surface area contributed by atoms with Crippen LogP contribution in [0.25, 0.3) is 0 Å². The second-order valence-electron chi connectivity index (χ2n) is 4.49. The van der Waals surface area contributed by atoms with E-state index in [9.17, 15) is 9.59 Å². The van der Waals surface area contributed by atoms with E-state index in [-0.39, 0.29) is 24.2 Å². The summed E-state index contributed by atoms with van der Waals surface area (Å²) in [6.45, 7) is 0.897. The van der Waals surface area contributed by atoms with Crippen molar-refractivity contribution < 1.29 is 9.59 Å². The molecule has 18 heavy (non-hydrogen) atoms. The number of nitrogens with one attached hydrogen (secondary N) is 1. The van der Waals surface area contributed by atoms with Gasteiger partial charge in [0.15, 0.2) is 0 Å². The quantitative estimate of drug-likeness (QED) is 0.900. The van der Waals surface area contributed by atoms with Crippen LogP contribution < -0.4 is 5.32 Å². The molecule has 2 rings (SSSR count). The van der Waals surface area contributed by atoms with E-state index in [0.717, 1.165) is 5.56 Å². The van der Waals surface area contributed by atoms with Crippen LogP contribution in [0.4, 0.5) is 0 Å². The molecule has 1 aromatic carbocycles. The van der Waals surface area contributed by atoms with E-state index in [4.69, 9.17) is 11.6 Å². The first-order chi connectivity index (χ1) is 8.58. The lowest BCUT2D eigenvalue weighted by molar-refractivity contribution is -0.135. The minimum absolute atomic E-state index is 0.0201. The van der Waals surface area contributed by atoms with Crippen LogP contribution in [0.15, 0.2) is 24.3 Å². The fraction of sp³-hybridized carbons (Fsp3) is 0.385. The van der Waals surface area contributed by atoms with Crippen molar-refractivity contribution >= 4 is 23.4 Å². The normalized spacial score (nSPS) is 18.6. The van der Waals surface area contributed by atoms with Crippen molar-refractivity contribution in [3.63, 3.8) is 0 Å². The van der Waals surface area contributed by atoms with Crippen molar-refractivity contribution in [1.29, 1.82) is 0 Å². The molecule has 4 nitrogen and oxygen atoms in total. The highest BCUT2D eigenvalue weighted by Gasteiger charge is 2.30. The number of benzene rings is 1. The number of rotatable bonds is 3. The van der Waals surface area contributed by atoms with Gasteiger partial charge in [0.25, 0.3) is 0 Å². The third-order valence-corrected chi connectivity index (χ3v) is 3.44. The highest BCUT2D eigenvalue weighted by atomic mass is 35.5. The second-order valence-corrected chi connectivity index (χ2v) is 4.90. The molecule has 1 atom stereocenters. The van der Waals surface area contributed by atoms with Gasteiger partial charge in [0, 0.05) is 31.6 Å². The number of carbonyl (C=O) groups is 2. The molecule has 1 aliphatic rings. The number of halogens is 1. The molecule has 0 aromatic heterocycles. The lowest BCUT2D eigenvalue weighted by Crippen LogP contribution is -2.33. The van der Waals surface area contributed by atoms with Crippen LogP contribution in [0.2, 0.25) is 5.02 Å². The molecule has 1 aromatic rings. The molecule has 0 spiro atoms. The molecule has 96 valence electrons. The fourth-order valence-corrected chi connectivity index (χ4v) is 2.25. The van der Waals surface area contributed by atoms with Crippen LogP contribution >= 0.6 is 11.6 Å². The molecule has 1 aliphatic heterocycles. The molecule has 1 unspecified atom stereocenters. The minimum atomic E-state index is -0.245. The summed E-state index contributed by atoms with van der Waals surface area (Å²) in [7, 11) is 1.73. The summed E-state index contributed by atoms with van der Waals surface area (Å²) in [5.74, 6) is -0.322. The number of nitrogens with zero attached hydrogens (tertiary/aromatic N) is 1. The first-order valence-electron chi connectivity index (χ1n) is 5.83. The van der Waals surface area contributed by atoms with E-state index >= 15 is 0 Å². The van der Waals surface area contributed by atoms with Crippen LogP contribution in [0.3, 0.4) is 0 Å². The molecule has 5 heteroatoms. The predicted molar refractivity (Wildman–Crippen MR) is 69.0 cm³/mol. The molecule has 0 radical (unpaired) electrons. The van der Waals surface area contributed by atoms with Gasteiger partial charge in [-0.15, -0.1) is 0 Å². The smallest absolute Gasteiger partial charge is 0.228 e. The van der Waals surface area contributed by atoms with E-state index in [2.05, 4.69) is 5.32 Å². The van der Waals surface area contributed by atoms with E-state index in [1.165, 1.54) is 0 Å². The molecule has 1 heterocycles. The highest BCUT2D eigenvalue weighted by molar-refractivity contribution is 6.31. The summed E-state index contributed by atoms with van der Waals surface area (Å²) in [5, 5.41) is 3.32. The fourth-order valence-electron chi connectivity index (χ4n) is 2.05. The Hall–Kier alpha value is -1.55. The summed E-state index contributed by atoms with van der Waals surface area (Å²) < 4.78 is 0. The van der Waals surface area contributed by atoms with Crippen molar-refractivity contribution in [2.75, 3.05) is 13.6 Å². The molecule has 0 bridgehead atoms. The Balaban J connectivity index is 2.00. The summed E-state index contributed by atoms with van der Waals surface area (Å²) >= 11 is 6.05. The van der Waals surface area contributed by atoms with Gasteiger partial charge >= 0.3 is 0 Å². The Bertz CT molecular complexity index is 476. The lowest BCUT2D eigenvalue weighted by atomic mass is 10.1. The van der Waals surface area contributed by atoms with Crippen molar-refractivity contribution in [2.45, 2.75) is 13.0 Å². The van der Waals surface area contributed by atoms with Gasteiger partial charge in [-0.1, -0.05) is 29.8 Å². The maximum atomic E-state index is 12.1. The minimum Gasteiger partial charge on any atom is -0.355 e. The van der Waals surface area contributed by atoms with Gasteiger partial charge in [-0.25, -0.2) is 0 Å². The average Bonchev–Trinajstić information content (AvgIpc) is 2.78. The van der Waals surface area contributed by atoms with Crippen molar-refractivity contribution in [3.05, 3.63) is 34.9 Å². The topological polar surface area (TPSA) is 49.4 Å². The SMILES string of the molecule is CN(Cc1ccccc1Cl)C(=O)C1CNC(=O)C1. The summed E-state index contributed by atoms with van der Waals surface area (Å²) in [4.78, 5) is 24.8. The second kappa shape index (κ2) is 5.40. The summed E-state index contributed by atoms with van der Waals surface area (Å²) in [6.07, 6.45) is 0.283. The number of hydrogen-bond donors (Lipinski definition) is 1. The lowest BCUT2D eigenvalue weighted by Gasteiger charge is -2.20. The number of carbonyl (C=O) groups excluding carboxylic acids is 2. The van der Waals surface area contributed by atoms with E-state index in [1.54, 1.807) is 18.0 Å². The molecule has 1 saturated heterocycles. The van der Waals surface area contributed by atoms with Gasteiger partial charge in [-0.05, 0) is 11.6 Å².